The summed E-state index contributed by atoms with van der Waals surface area (Å²) in [5, 5.41) is 7.18. The van der Waals surface area contributed by atoms with Crippen LogP contribution in [-0.4, -0.2) is 17.1 Å². The lowest BCUT2D eigenvalue weighted by Gasteiger charge is -2.11. The van der Waals surface area contributed by atoms with Crippen molar-refractivity contribution in [2.45, 2.75) is 0 Å². The van der Waals surface area contributed by atoms with Gasteiger partial charge >= 0.3 is 0 Å². The van der Waals surface area contributed by atoms with Crippen molar-refractivity contribution in [2.24, 2.45) is 0 Å². The quantitative estimate of drug-likeness (QED) is 0.648. The lowest BCUT2D eigenvalue weighted by Crippen LogP contribution is -2.01. The van der Waals surface area contributed by atoms with Crippen molar-refractivity contribution < 1.29 is 4.74 Å². The first-order chi connectivity index (χ1) is 11.7. The Morgan fingerprint density at radius 2 is 1.71 bits per heavy atom. The maximum atomic E-state index is 6.18. The van der Waals surface area contributed by atoms with Gasteiger partial charge in [-0.15, -0.1) is 0 Å². The van der Waals surface area contributed by atoms with Crippen molar-refractivity contribution >= 4 is 46.3 Å². The molecule has 0 unspecified atom stereocenters. The van der Waals surface area contributed by atoms with Crippen molar-refractivity contribution in [3.8, 4) is 5.75 Å². The molecule has 2 aromatic carbocycles. The van der Waals surface area contributed by atoms with Gasteiger partial charge in [0, 0.05) is 6.20 Å². The number of halogens is 2. The van der Waals surface area contributed by atoms with Crippen molar-refractivity contribution in [2.75, 3.05) is 17.7 Å². The Hall–Kier alpha value is -2.50. The van der Waals surface area contributed by atoms with Crippen LogP contribution < -0.4 is 15.4 Å². The second kappa shape index (κ2) is 7.38. The summed E-state index contributed by atoms with van der Waals surface area (Å²) >= 11 is 12.2. The third-order valence-corrected chi connectivity index (χ3v) is 4.04. The SMILES string of the molecule is COc1ccccc1Nc1nccc(Nc2cccc(Cl)c2Cl)n1. The molecule has 122 valence electrons. The topological polar surface area (TPSA) is 59.1 Å². The van der Waals surface area contributed by atoms with Crippen LogP contribution in [0.5, 0.6) is 5.75 Å². The van der Waals surface area contributed by atoms with E-state index in [0.29, 0.717) is 33.2 Å². The van der Waals surface area contributed by atoms with Gasteiger partial charge in [-0.2, -0.15) is 4.98 Å². The maximum Gasteiger partial charge on any atom is 0.229 e. The molecule has 5 nitrogen and oxygen atoms in total. The summed E-state index contributed by atoms with van der Waals surface area (Å²) in [6, 6.07) is 14.6. The number of methoxy groups -OCH3 is 1. The molecule has 1 aromatic heterocycles. The second-order valence-corrected chi connectivity index (χ2v) is 5.60. The Balaban J connectivity index is 1.83. The van der Waals surface area contributed by atoms with E-state index in [4.69, 9.17) is 27.9 Å². The lowest BCUT2D eigenvalue weighted by atomic mass is 10.3. The van der Waals surface area contributed by atoms with Gasteiger partial charge in [-0.1, -0.05) is 41.4 Å². The van der Waals surface area contributed by atoms with Gasteiger partial charge in [-0.25, -0.2) is 4.98 Å². The van der Waals surface area contributed by atoms with E-state index in [-0.39, 0.29) is 0 Å². The molecular formula is C17H14Cl2N4O. The van der Waals surface area contributed by atoms with E-state index in [1.807, 2.05) is 36.4 Å². The molecule has 0 bridgehead atoms. The van der Waals surface area contributed by atoms with Gasteiger partial charge in [0.1, 0.15) is 11.6 Å². The molecule has 0 aliphatic carbocycles. The second-order valence-electron chi connectivity index (χ2n) is 4.82. The van der Waals surface area contributed by atoms with Gasteiger partial charge in [0.25, 0.3) is 0 Å². The highest BCUT2D eigenvalue weighted by Gasteiger charge is 2.07. The Morgan fingerprint density at radius 3 is 2.54 bits per heavy atom. The number of aromatic nitrogens is 2. The number of para-hydroxylation sites is 2. The zero-order valence-corrected chi connectivity index (χ0v) is 14.3. The molecular weight excluding hydrogens is 347 g/mol. The average molecular weight is 361 g/mol. The first-order valence-corrected chi connectivity index (χ1v) is 7.87. The van der Waals surface area contributed by atoms with Crippen LogP contribution >= 0.6 is 23.2 Å². The number of ether oxygens (including phenoxy) is 1. The van der Waals surface area contributed by atoms with Crippen molar-refractivity contribution in [1.29, 1.82) is 0 Å². The number of anilines is 4. The van der Waals surface area contributed by atoms with Crippen molar-refractivity contribution in [1.82, 2.24) is 9.97 Å². The highest BCUT2D eigenvalue weighted by Crippen LogP contribution is 2.31. The maximum absolute atomic E-state index is 6.18. The number of nitrogens with zero attached hydrogens (tertiary/aromatic N) is 2. The predicted octanol–water partition coefficient (Wildman–Crippen LogP) is 5.28. The molecule has 0 fully saturated rings. The fourth-order valence-corrected chi connectivity index (χ4v) is 2.44. The van der Waals surface area contributed by atoms with E-state index < -0.39 is 0 Å². The van der Waals surface area contributed by atoms with E-state index in [1.165, 1.54) is 0 Å². The fourth-order valence-electron chi connectivity index (χ4n) is 2.10. The number of benzene rings is 2. The predicted molar refractivity (Wildman–Crippen MR) is 98.1 cm³/mol. The minimum atomic E-state index is 0.433. The molecule has 3 aromatic rings. The molecule has 2 N–H and O–H groups in total. The summed E-state index contributed by atoms with van der Waals surface area (Å²) < 4.78 is 5.31. The summed E-state index contributed by atoms with van der Waals surface area (Å²) in [7, 11) is 1.61. The summed E-state index contributed by atoms with van der Waals surface area (Å²) in [4.78, 5) is 8.63. The lowest BCUT2D eigenvalue weighted by molar-refractivity contribution is 0.417. The van der Waals surface area contributed by atoms with E-state index >= 15 is 0 Å². The summed E-state index contributed by atoms with van der Waals surface area (Å²) in [5.41, 5.74) is 1.45. The van der Waals surface area contributed by atoms with Gasteiger partial charge in [0.15, 0.2) is 0 Å². The third-order valence-electron chi connectivity index (χ3n) is 3.22. The third kappa shape index (κ3) is 3.69. The molecule has 0 amide bonds. The average Bonchev–Trinajstić information content (AvgIpc) is 2.60. The molecule has 0 saturated heterocycles. The van der Waals surface area contributed by atoms with Crippen LogP contribution in [-0.2, 0) is 0 Å². The molecule has 0 spiro atoms. The van der Waals surface area contributed by atoms with E-state index in [2.05, 4.69) is 20.6 Å². The summed E-state index contributed by atoms with van der Waals surface area (Å²) in [5.74, 6) is 1.73. The Bertz CT molecular complexity index is 857. The first-order valence-electron chi connectivity index (χ1n) is 7.11. The zero-order chi connectivity index (χ0) is 16.9. The van der Waals surface area contributed by atoms with Crippen LogP contribution in [0.2, 0.25) is 10.0 Å². The first kappa shape index (κ1) is 16.4. The number of hydrogen-bond donors (Lipinski definition) is 2. The molecule has 0 atom stereocenters. The molecule has 0 aliphatic heterocycles. The van der Waals surface area contributed by atoms with Gasteiger partial charge in [-0.05, 0) is 30.3 Å². The van der Waals surface area contributed by atoms with Crippen LogP contribution in [0.15, 0.2) is 54.7 Å². The van der Waals surface area contributed by atoms with Crippen LogP contribution in [0.25, 0.3) is 0 Å². The number of rotatable bonds is 5. The molecule has 0 radical (unpaired) electrons. The van der Waals surface area contributed by atoms with Gasteiger partial charge in [0.05, 0.1) is 28.5 Å². The van der Waals surface area contributed by atoms with Crippen LogP contribution in [0.3, 0.4) is 0 Å². The van der Waals surface area contributed by atoms with E-state index in [1.54, 1.807) is 25.4 Å². The molecule has 3 rings (SSSR count). The van der Waals surface area contributed by atoms with Gasteiger partial charge in [-0.3, -0.25) is 0 Å². The standard InChI is InChI=1S/C17H14Cl2N4O/c1-24-14-8-3-2-6-12(14)22-17-20-10-9-15(23-17)21-13-7-4-5-11(18)16(13)19/h2-10H,1H3,(H2,20,21,22,23). The largest absolute Gasteiger partial charge is 0.495 e. The monoisotopic (exact) mass is 360 g/mol. The molecule has 1 heterocycles. The summed E-state index contributed by atoms with van der Waals surface area (Å²) in [6.45, 7) is 0. The van der Waals surface area contributed by atoms with E-state index in [9.17, 15) is 0 Å². The smallest absolute Gasteiger partial charge is 0.229 e. The normalized spacial score (nSPS) is 10.3. The van der Waals surface area contributed by atoms with Crippen LogP contribution in [0, 0.1) is 0 Å². The Labute approximate surface area is 149 Å². The molecule has 24 heavy (non-hydrogen) atoms. The number of hydrogen-bond acceptors (Lipinski definition) is 5. The highest BCUT2D eigenvalue weighted by atomic mass is 35.5. The molecule has 0 saturated carbocycles. The zero-order valence-electron chi connectivity index (χ0n) is 12.8. The van der Waals surface area contributed by atoms with Gasteiger partial charge < -0.3 is 15.4 Å². The summed E-state index contributed by atoms with van der Waals surface area (Å²) in [6.07, 6.45) is 1.64. The number of nitrogens with one attached hydrogen (secondary N) is 2. The Morgan fingerprint density at radius 1 is 0.917 bits per heavy atom. The van der Waals surface area contributed by atoms with Crippen molar-refractivity contribution in [3.63, 3.8) is 0 Å². The minimum Gasteiger partial charge on any atom is -0.495 e. The van der Waals surface area contributed by atoms with E-state index in [0.717, 1.165) is 5.69 Å². The fraction of sp³-hybridized carbons (Fsp3) is 0.0588. The Kier molecular flexibility index (Phi) is 5.03. The van der Waals surface area contributed by atoms with Crippen LogP contribution in [0.4, 0.5) is 23.1 Å². The van der Waals surface area contributed by atoms with Crippen molar-refractivity contribution in [3.05, 3.63) is 64.8 Å². The minimum absolute atomic E-state index is 0.433. The highest BCUT2D eigenvalue weighted by molar-refractivity contribution is 6.43. The van der Waals surface area contributed by atoms with Gasteiger partial charge in [0.2, 0.25) is 5.95 Å². The molecule has 7 heteroatoms. The van der Waals surface area contributed by atoms with Crippen LogP contribution in [0.1, 0.15) is 0 Å². The molecule has 0 aliphatic rings.